The quantitative estimate of drug-likeness (QED) is 0.807. The third-order valence-electron chi connectivity index (χ3n) is 4.58. The van der Waals surface area contributed by atoms with E-state index in [1.165, 1.54) is 19.1 Å². The fourth-order valence-corrected chi connectivity index (χ4v) is 2.95. The van der Waals surface area contributed by atoms with Gasteiger partial charge in [0.1, 0.15) is 5.82 Å². The van der Waals surface area contributed by atoms with Crippen molar-refractivity contribution >= 4 is 30.1 Å². The Morgan fingerprint density at radius 1 is 1.28 bits per heavy atom. The molecule has 1 N–H and O–H groups in total. The van der Waals surface area contributed by atoms with E-state index in [9.17, 15) is 14.3 Å². The molecule has 0 amide bonds. The maximum Gasteiger partial charge on any atom is 0.491 e. The molecule has 1 aromatic rings. The zero-order valence-electron chi connectivity index (χ0n) is 15.3. The lowest BCUT2D eigenvalue weighted by atomic mass is 9.78. The monoisotopic (exact) mass is 366 g/mol. The predicted octanol–water partition coefficient (Wildman–Crippen LogP) is 3.61. The minimum Gasteiger partial charge on any atom is -0.400 e. The van der Waals surface area contributed by atoms with E-state index in [-0.39, 0.29) is 11.7 Å². The summed E-state index contributed by atoms with van der Waals surface area (Å²) in [5.41, 5.74) is 0.570. The molecule has 0 bridgehead atoms. The highest BCUT2D eigenvalue weighted by atomic mass is 32.2. The summed E-state index contributed by atoms with van der Waals surface area (Å²) >= 11 is 1.12. The second-order valence-corrected chi connectivity index (χ2v) is 8.25. The average Bonchev–Trinajstić information content (AvgIpc) is 2.73. The first kappa shape index (κ1) is 20.2. The van der Waals surface area contributed by atoms with Crippen LogP contribution in [-0.2, 0) is 20.7 Å². The van der Waals surface area contributed by atoms with Gasteiger partial charge in [-0.15, -0.1) is 0 Å². The number of thioether (sulfide) groups is 1. The molecule has 136 valence electrons. The van der Waals surface area contributed by atoms with Gasteiger partial charge in [-0.05, 0) is 50.9 Å². The van der Waals surface area contributed by atoms with Crippen molar-refractivity contribution in [2.24, 2.45) is 0 Å². The number of halogens is 1. The van der Waals surface area contributed by atoms with Gasteiger partial charge in [0, 0.05) is 18.2 Å². The van der Waals surface area contributed by atoms with E-state index in [1.807, 2.05) is 27.7 Å². The van der Waals surface area contributed by atoms with E-state index in [0.29, 0.717) is 22.4 Å². The van der Waals surface area contributed by atoms with E-state index in [0.717, 1.165) is 11.8 Å². The lowest BCUT2D eigenvalue weighted by Gasteiger charge is -2.32. The van der Waals surface area contributed by atoms with Gasteiger partial charge in [0.25, 0.3) is 0 Å². The smallest absolute Gasteiger partial charge is 0.400 e. The van der Waals surface area contributed by atoms with Crippen LogP contribution in [0.2, 0.25) is 0 Å². The fourth-order valence-electron chi connectivity index (χ4n) is 2.36. The van der Waals surface area contributed by atoms with E-state index < -0.39 is 24.1 Å². The van der Waals surface area contributed by atoms with Gasteiger partial charge >= 0.3 is 7.12 Å². The SMILES string of the molecule is CC(=O)SCC(=Cc1cc(CO)ccc1F)B1OC(C)(C)C(C)(C)O1. The third-order valence-corrected chi connectivity index (χ3v) is 5.47. The first-order valence-corrected chi connectivity index (χ1v) is 9.13. The van der Waals surface area contributed by atoms with E-state index in [4.69, 9.17) is 9.31 Å². The Balaban J connectivity index is 2.38. The van der Waals surface area contributed by atoms with Gasteiger partial charge < -0.3 is 14.4 Å². The summed E-state index contributed by atoms with van der Waals surface area (Å²) in [6.45, 7) is 9.07. The Hall–Kier alpha value is -1.15. The topological polar surface area (TPSA) is 55.8 Å². The van der Waals surface area contributed by atoms with Gasteiger partial charge in [-0.25, -0.2) is 4.39 Å². The van der Waals surface area contributed by atoms with Crippen LogP contribution in [0.1, 0.15) is 45.7 Å². The zero-order chi connectivity index (χ0) is 18.8. The van der Waals surface area contributed by atoms with Crippen LogP contribution in [0.15, 0.2) is 23.7 Å². The van der Waals surface area contributed by atoms with Gasteiger partial charge in [0.2, 0.25) is 0 Å². The number of hydrogen-bond acceptors (Lipinski definition) is 5. The van der Waals surface area contributed by atoms with Gasteiger partial charge in [0.05, 0.1) is 17.8 Å². The molecule has 2 rings (SSSR count). The Morgan fingerprint density at radius 3 is 2.40 bits per heavy atom. The summed E-state index contributed by atoms with van der Waals surface area (Å²) in [6.07, 6.45) is 1.65. The van der Waals surface area contributed by atoms with Gasteiger partial charge in [-0.2, -0.15) is 0 Å². The molecule has 0 unspecified atom stereocenters. The van der Waals surface area contributed by atoms with Gasteiger partial charge in [-0.1, -0.05) is 23.9 Å². The molecule has 1 aliphatic rings. The molecule has 0 aliphatic carbocycles. The van der Waals surface area contributed by atoms with Crippen LogP contribution >= 0.6 is 11.8 Å². The largest absolute Gasteiger partial charge is 0.491 e. The van der Waals surface area contributed by atoms with Crippen molar-refractivity contribution in [1.29, 1.82) is 0 Å². The van der Waals surface area contributed by atoms with Crippen LogP contribution in [0, 0.1) is 5.82 Å². The normalized spacial score (nSPS) is 19.3. The second kappa shape index (κ2) is 7.62. The summed E-state index contributed by atoms with van der Waals surface area (Å²) in [6, 6.07) is 4.43. The van der Waals surface area contributed by atoms with Crippen LogP contribution in [-0.4, -0.2) is 34.3 Å². The first-order chi connectivity index (χ1) is 11.6. The van der Waals surface area contributed by atoms with Crippen molar-refractivity contribution in [3.05, 3.63) is 40.6 Å². The number of carbonyl (C=O) groups is 1. The average molecular weight is 366 g/mol. The van der Waals surface area contributed by atoms with Crippen molar-refractivity contribution in [3.63, 3.8) is 0 Å². The number of aliphatic hydroxyl groups excluding tert-OH is 1. The molecule has 1 heterocycles. The molecular weight excluding hydrogens is 342 g/mol. The molecule has 0 atom stereocenters. The summed E-state index contributed by atoms with van der Waals surface area (Å²) in [7, 11) is -0.658. The van der Waals surface area contributed by atoms with Crippen LogP contribution in [0.5, 0.6) is 0 Å². The summed E-state index contributed by atoms with van der Waals surface area (Å²) < 4.78 is 26.3. The summed E-state index contributed by atoms with van der Waals surface area (Å²) in [4.78, 5) is 11.4. The minimum absolute atomic E-state index is 0.0352. The minimum atomic E-state index is -0.658. The Labute approximate surface area is 152 Å². The highest BCUT2D eigenvalue weighted by molar-refractivity contribution is 8.13. The molecule has 25 heavy (non-hydrogen) atoms. The van der Waals surface area contributed by atoms with Gasteiger partial charge in [0.15, 0.2) is 5.12 Å². The maximum atomic E-state index is 14.2. The molecular formula is C18H24BFO4S. The van der Waals surface area contributed by atoms with Crippen LogP contribution in [0.25, 0.3) is 6.08 Å². The molecule has 1 aliphatic heterocycles. The molecule has 4 nitrogen and oxygen atoms in total. The lowest BCUT2D eigenvalue weighted by Crippen LogP contribution is -2.41. The highest BCUT2D eigenvalue weighted by Crippen LogP contribution is 2.39. The molecule has 0 saturated carbocycles. The number of benzene rings is 1. The van der Waals surface area contributed by atoms with E-state index in [1.54, 1.807) is 12.1 Å². The van der Waals surface area contributed by atoms with Crippen molar-refractivity contribution in [3.8, 4) is 0 Å². The van der Waals surface area contributed by atoms with Crippen molar-refractivity contribution in [2.45, 2.75) is 52.4 Å². The third kappa shape index (κ3) is 4.73. The highest BCUT2D eigenvalue weighted by Gasteiger charge is 2.52. The molecule has 0 radical (unpaired) electrons. The number of hydrogen-bond donors (Lipinski definition) is 1. The summed E-state index contributed by atoms with van der Waals surface area (Å²) in [5, 5.41) is 9.24. The fraction of sp³-hybridized carbons (Fsp3) is 0.500. The molecule has 1 saturated heterocycles. The Morgan fingerprint density at radius 2 is 1.88 bits per heavy atom. The zero-order valence-corrected chi connectivity index (χ0v) is 16.1. The number of carbonyl (C=O) groups excluding carboxylic acids is 1. The Kier molecular flexibility index (Phi) is 6.15. The molecule has 1 aromatic carbocycles. The van der Waals surface area contributed by atoms with Crippen molar-refractivity contribution in [2.75, 3.05) is 5.75 Å². The predicted molar refractivity (Wildman–Crippen MR) is 99.5 cm³/mol. The van der Waals surface area contributed by atoms with Crippen LogP contribution in [0.4, 0.5) is 4.39 Å². The first-order valence-electron chi connectivity index (χ1n) is 8.14. The summed E-state index contributed by atoms with van der Waals surface area (Å²) in [5.74, 6) is -0.0614. The molecule has 7 heteroatoms. The molecule has 0 spiro atoms. The van der Waals surface area contributed by atoms with Crippen LogP contribution in [0.3, 0.4) is 0 Å². The standard InChI is InChI=1S/C18H24BFO4S/c1-12(22)25-11-15(19-23-17(2,3)18(4,5)24-19)9-14-8-13(10-21)6-7-16(14)20/h6-9,21H,10-11H2,1-5H3. The van der Waals surface area contributed by atoms with Crippen molar-refractivity contribution in [1.82, 2.24) is 0 Å². The lowest BCUT2D eigenvalue weighted by molar-refractivity contribution is -0.109. The molecule has 1 fully saturated rings. The number of aliphatic hydroxyl groups is 1. The van der Waals surface area contributed by atoms with Gasteiger partial charge in [-0.3, -0.25) is 4.79 Å². The Bertz CT molecular complexity index is 672. The maximum absolute atomic E-state index is 14.2. The second-order valence-electron chi connectivity index (χ2n) is 7.10. The number of rotatable bonds is 5. The van der Waals surface area contributed by atoms with E-state index in [2.05, 4.69) is 0 Å². The van der Waals surface area contributed by atoms with E-state index >= 15 is 0 Å². The van der Waals surface area contributed by atoms with Crippen LogP contribution < -0.4 is 0 Å². The molecule has 0 aromatic heterocycles. The van der Waals surface area contributed by atoms with Crippen molar-refractivity contribution < 1.29 is 23.6 Å².